The van der Waals surface area contributed by atoms with Crippen LogP contribution in [0.3, 0.4) is 0 Å². The van der Waals surface area contributed by atoms with E-state index in [0.717, 1.165) is 11.1 Å². The van der Waals surface area contributed by atoms with Crippen molar-refractivity contribution in [3.05, 3.63) is 122 Å². The third-order valence-electron chi connectivity index (χ3n) is 6.79. The Bertz CT molecular complexity index is 1990. The van der Waals surface area contributed by atoms with Crippen LogP contribution in [-0.4, -0.2) is 24.5 Å². The van der Waals surface area contributed by atoms with Crippen molar-refractivity contribution in [3.63, 3.8) is 0 Å². The Morgan fingerprint density at radius 1 is 0.974 bits per heavy atom. The molecule has 0 amide bonds. The summed E-state index contributed by atoms with van der Waals surface area (Å²) >= 11 is 0. The lowest BCUT2D eigenvalue weighted by atomic mass is 9.83. The Balaban J connectivity index is 1.59. The van der Waals surface area contributed by atoms with Gasteiger partial charge in [0.2, 0.25) is 5.88 Å². The highest BCUT2D eigenvalue weighted by atomic mass is 16.6. The molecule has 4 heterocycles. The van der Waals surface area contributed by atoms with E-state index in [1.54, 1.807) is 42.5 Å². The van der Waals surface area contributed by atoms with Crippen molar-refractivity contribution in [2.24, 2.45) is 0 Å². The van der Waals surface area contributed by atoms with Gasteiger partial charge < -0.3 is 9.15 Å². The Morgan fingerprint density at radius 2 is 1.74 bits per heavy atom. The molecule has 0 aliphatic carbocycles. The van der Waals surface area contributed by atoms with Gasteiger partial charge in [-0.15, -0.1) is 5.10 Å². The molecule has 1 aliphatic rings. The zero-order chi connectivity index (χ0) is 26.0. The fourth-order valence-corrected chi connectivity index (χ4v) is 5.08. The van der Waals surface area contributed by atoms with E-state index in [1.807, 2.05) is 31.2 Å². The number of hydrogen-bond acceptors (Lipinski definition) is 8. The summed E-state index contributed by atoms with van der Waals surface area (Å²) in [7, 11) is 0. The lowest BCUT2D eigenvalue weighted by molar-refractivity contribution is -0.385. The summed E-state index contributed by atoms with van der Waals surface area (Å²) in [6.45, 7) is 1.96. The van der Waals surface area contributed by atoms with Crippen LogP contribution in [0.1, 0.15) is 28.2 Å². The van der Waals surface area contributed by atoms with E-state index in [9.17, 15) is 14.9 Å². The molecule has 10 heteroatoms. The molecular weight excluding hydrogens is 486 g/mol. The SMILES string of the molecule is Cc1ccccc1-c1nc2c3c(ncn2n1)Oc1c(c(=O)oc2ccccc12)C3c1ccccc1[N+](=O)[O-]. The number of nitrogens with zero attached hydrogens (tertiary/aromatic N) is 5. The number of hydrogen-bond donors (Lipinski definition) is 0. The molecule has 184 valence electrons. The van der Waals surface area contributed by atoms with Crippen LogP contribution >= 0.6 is 0 Å². The zero-order valence-corrected chi connectivity index (χ0v) is 19.9. The Labute approximate surface area is 213 Å². The molecule has 1 aliphatic heterocycles. The molecule has 3 aromatic heterocycles. The van der Waals surface area contributed by atoms with Crippen molar-refractivity contribution >= 4 is 22.3 Å². The predicted octanol–water partition coefficient (Wildman–Crippen LogP) is 5.40. The van der Waals surface area contributed by atoms with Gasteiger partial charge in [0, 0.05) is 17.2 Å². The van der Waals surface area contributed by atoms with Crippen LogP contribution in [0.2, 0.25) is 0 Å². The topological polar surface area (TPSA) is 126 Å². The smallest absolute Gasteiger partial charge is 0.344 e. The molecule has 0 radical (unpaired) electrons. The van der Waals surface area contributed by atoms with E-state index >= 15 is 0 Å². The van der Waals surface area contributed by atoms with Gasteiger partial charge in [-0.05, 0) is 24.6 Å². The first-order valence-corrected chi connectivity index (χ1v) is 11.8. The second-order valence-electron chi connectivity index (χ2n) is 8.96. The van der Waals surface area contributed by atoms with Crippen LogP contribution in [-0.2, 0) is 0 Å². The zero-order valence-electron chi connectivity index (χ0n) is 19.9. The maximum Gasteiger partial charge on any atom is 0.344 e. The predicted molar refractivity (Wildman–Crippen MR) is 138 cm³/mol. The first kappa shape index (κ1) is 21.9. The molecule has 0 spiro atoms. The number of para-hydroxylation sites is 2. The van der Waals surface area contributed by atoms with Crippen LogP contribution in [0.5, 0.6) is 11.6 Å². The van der Waals surface area contributed by atoms with E-state index in [0.29, 0.717) is 33.6 Å². The summed E-state index contributed by atoms with van der Waals surface area (Å²) in [5.41, 5.74) is 2.54. The summed E-state index contributed by atoms with van der Waals surface area (Å²) in [6, 6.07) is 21.0. The van der Waals surface area contributed by atoms with E-state index in [4.69, 9.17) is 14.1 Å². The molecule has 0 saturated carbocycles. The minimum Gasteiger partial charge on any atom is -0.437 e. The second-order valence-corrected chi connectivity index (χ2v) is 8.96. The first-order valence-electron chi connectivity index (χ1n) is 11.8. The molecule has 0 fully saturated rings. The quantitative estimate of drug-likeness (QED) is 0.178. The average molecular weight is 503 g/mol. The molecule has 10 nitrogen and oxygen atoms in total. The normalized spacial score (nSPS) is 14.2. The molecule has 0 N–H and O–H groups in total. The summed E-state index contributed by atoms with van der Waals surface area (Å²) in [5, 5.41) is 17.3. The summed E-state index contributed by atoms with van der Waals surface area (Å²) < 4.78 is 13.4. The van der Waals surface area contributed by atoms with Gasteiger partial charge in [-0.1, -0.05) is 54.6 Å². The highest BCUT2D eigenvalue weighted by Gasteiger charge is 2.40. The van der Waals surface area contributed by atoms with Crippen LogP contribution in [0.4, 0.5) is 5.69 Å². The minimum atomic E-state index is -0.943. The van der Waals surface area contributed by atoms with Crippen LogP contribution in [0, 0.1) is 17.0 Å². The molecule has 0 saturated heterocycles. The van der Waals surface area contributed by atoms with Gasteiger partial charge in [-0.2, -0.15) is 0 Å². The first-order chi connectivity index (χ1) is 18.5. The molecule has 7 rings (SSSR count). The fourth-order valence-electron chi connectivity index (χ4n) is 5.08. The van der Waals surface area contributed by atoms with Gasteiger partial charge in [-0.3, -0.25) is 10.1 Å². The van der Waals surface area contributed by atoms with Crippen LogP contribution < -0.4 is 10.4 Å². The standard InChI is InChI=1S/C28H17N5O5/c1-15-8-2-3-9-16(15)25-30-26-23-21(17-10-4-6-12-19(17)33(35)36)22-24(38-27(23)29-14-32(26)31-25)18-11-5-7-13-20(18)37-28(22)34/h2-14,21H,1H3. The molecule has 1 unspecified atom stereocenters. The number of rotatable bonds is 3. The number of aromatic nitrogens is 4. The Hall–Kier alpha value is -5.38. The van der Waals surface area contributed by atoms with Gasteiger partial charge in [-0.25, -0.2) is 19.3 Å². The number of fused-ring (bicyclic) bond motifs is 6. The van der Waals surface area contributed by atoms with Crippen molar-refractivity contribution in [3.8, 4) is 23.0 Å². The highest BCUT2D eigenvalue weighted by molar-refractivity contribution is 5.87. The largest absolute Gasteiger partial charge is 0.437 e. The van der Waals surface area contributed by atoms with E-state index in [1.165, 1.54) is 16.9 Å². The van der Waals surface area contributed by atoms with Crippen molar-refractivity contribution in [2.75, 3.05) is 0 Å². The maximum atomic E-state index is 13.5. The molecule has 0 bridgehead atoms. The lowest BCUT2D eigenvalue weighted by Gasteiger charge is -2.27. The number of benzene rings is 3. The average Bonchev–Trinajstić information content (AvgIpc) is 3.36. The number of nitro benzene ring substituents is 1. The molecule has 6 aromatic rings. The van der Waals surface area contributed by atoms with Crippen molar-refractivity contribution < 1.29 is 14.1 Å². The second kappa shape index (κ2) is 8.07. The minimum absolute atomic E-state index is 0.140. The van der Waals surface area contributed by atoms with Crippen LogP contribution in [0.25, 0.3) is 28.0 Å². The van der Waals surface area contributed by atoms with Gasteiger partial charge in [0.1, 0.15) is 11.9 Å². The Morgan fingerprint density at radius 3 is 2.58 bits per heavy atom. The van der Waals surface area contributed by atoms with E-state index < -0.39 is 16.5 Å². The van der Waals surface area contributed by atoms with Crippen molar-refractivity contribution in [1.82, 2.24) is 19.6 Å². The number of ether oxygens (including phenoxy) is 1. The van der Waals surface area contributed by atoms with Crippen molar-refractivity contribution in [1.29, 1.82) is 0 Å². The van der Waals surface area contributed by atoms with Gasteiger partial charge in [0.05, 0.1) is 27.4 Å². The molecule has 3 aromatic carbocycles. The maximum absolute atomic E-state index is 13.5. The fraction of sp³-hybridized carbons (Fsp3) is 0.0714. The van der Waals surface area contributed by atoms with Gasteiger partial charge in [0.25, 0.3) is 5.69 Å². The molecule has 1 atom stereocenters. The third kappa shape index (κ3) is 3.13. The van der Waals surface area contributed by atoms with E-state index in [-0.39, 0.29) is 22.9 Å². The monoisotopic (exact) mass is 503 g/mol. The van der Waals surface area contributed by atoms with Gasteiger partial charge >= 0.3 is 5.63 Å². The van der Waals surface area contributed by atoms with E-state index in [2.05, 4.69) is 10.1 Å². The number of nitro groups is 1. The molecule has 38 heavy (non-hydrogen) atoms. The number of aryl methyl sites for hydroxylation is 1. The molecular formula is C28H17N5O5. The van der Waals surface area contributed by atoms with Crippen molar-refractivity contribution in [2.45, 2.75) is 12.8 Å². The lowest BCUT2D eigenvalue weighted by Crippen LogP contribution is -2.23. The van der Waals surface area contributed by atoms with Crippen LogP contribution in [0.15, 0.2) is 88.3 Å². The van der Waals surface area contributed by atoms with Gasteiger partial charge in [0.15, 0.2) is 17.2 Å². The third-order valence-corrected chi connectivity index (χ3v) is 6.79. The summed E-state index contributed by atoms with van der Waals surface area (Å²) in [6.07, 6.45) is 1.48. The summed E-state index contributed by atoms with van der Waals surface area (Å²) in [4.78, 5) is 34.4. The summed E-state index contributed by atoms with van der Waals surface area (Å²) in [5.74, 6) is -0.0482. The highest BCUT2D eigenvalue weighted by Crippen LogP contribution is 2.50. The Kier molecular flexibility index (Phi) is 4.64.